The van der Waals surface area contributed by atoms with E-state index in [0.29, 0.717) is 6.61 Å². The molecule has 4 heteroatoms. The van der Waals surface area contributed by atoms with Crippen molar-refractivity contribution < 1.29 is 14.2 Å². The summed E-state index contributed by atoms with van der Waals surface area (Å²) in [7, 11) is 0. The van der Waals surface area contributed by atoms with Gasteiger partial charge >= 0.3 is 0 Å². The smallest absolute Gasteiger partial charge is 0.165 e. The van der Waals surface area contributed by atoms with Gasteiger partial charge in [-0.3, -0.25) is 4.90 Å². The van der Waals surface area contributed by atoms with Crippen LogP contribution in [0.5, 0.6) is 5.75 Å². The van der Waals surface area contributed by atoms with Gasteiger partial charge in [0.25, 0.3) is 0 Å². The molecule has 0 saturated carbocycles. The third-order valence-corrected chi connectivity index (χ3v) is 3.64. The minimum Gasteiger partial charge on any atom is -0.491 e. The average Bonchev–Trinajstić information content (AvgIpc) is 2.44. The van der Waals surface area contributed by atoms with Gasteiger partial charge in [0.1, 0.15) is 0 Å². The largest absolute Gasteiger partial charge is 0.491 e. The number of halogens is 1. The molecule has 0 aliphatic carbocycles. The summed E-state index contributed by atoms with van der Waals surface area (Å²) in [4.78, 5) is 2.23. The molecule has 1 unspecified atom stereocenters. The zero-order valence-corrected chi connectivity index (χ0v) is 11.4. The summed E-state index contributed by atoms with van der Waals surface area (Å²) in [5, 5.41) is 9.60. The molecule has 1 saturated heterocycles. The average molecular weight is 267 g/mol. The molecule has 3 nitrogen and oxygen atoms in total. The highest BCUT2D eigenvalue weighted by Gasteiger charge is 2.22. The van der Waals surface area contributed by atoms with Crippen LogP contribution >= 0.6 is 0 Å². The number of piperidine rings is 1. The first-order valence-electron chi connectivity index (χ1n) is 7.03. The first kappa shape index (κ1) is 14.3. The summed E-state index contributed by atoms with van der Waals surface area (Å²) in [5.41, 5.74) is 0.824. The SMILES string of the molecule is CCOc1ccc(C(CO)N2CCCCC2)cc1F. The van der Waals surface area contributed by atoms with E-state index >= 15 is 0 Å². The summed E-state index contributed by atoms with van der Waals surface area (Å²) in [6.45, 7) is 4.25. The first-order valence-corrected chi connectivity index (χ1v) is 7.03. The number of rotatable bonds is 5. The van der Waals surface area contributed by atoms with Crippen LogP contribution in [-0.4, -0.2) is 36.3 Å². The molecule has 0 aromatic heterocycles. The van der Waals surface area contributed by atoms with Crippen LogP contribution in [0.1, 0.15) is 37.8 Å². The first-order chi connectivity index (χ1) is 9.26. The fraction of sp³-hybridized carbons (Fsp3) is 0.600. The molecule has 1 fully saturated rings. The molecular formula is C15H22FNO2. The highest BCUT2D eigenvalue weighted by molar-refractivity contribution is 5.31. The Kier molecular flexibility index (Phi) is 5.16. The fourth-order valence-electron chi connectivity index (χ4n) is 2.66. The molecule has 1 N–H and O–H groups in total. The van der Waals surface area contributed by atoms with Gasteiger partial charge in [-0.05, 0) is 50.6 Å². The standard InChI is InChI=1S/C15H22FNO2/c1-2-19-15-7-6-12(10-13(15)16)14(11-18)17-8-4-3-5-9-17/h6-7,10,14,18H,2-5,8-9,11H2,1H3. The lowest BCUT2D eigenvalue weighted by Crippen LogP contribution is -2.35. The van der Waals surface area contributed by atoms with E-state index < -0.39 is 0 Å². The molecule has 0 bridgehead atoms. The van der Waals surface area contributed by atoms with Crippen molar-refractivity contribution in [3.63, 3.8) is 0 Å². The Labute approximate surface area is 114 Å². The molecule has 1 aliphatic rings. The van der Waals surface area contributed by atoms with E-state index in [2.05, 4.69) is 4.90 Å². The van der Waals surface area contributed by atoms with Crippen LogP contribution in [0.15, 0.2) is 18.2 Å². The summed E-state index contributed by atoms with van der Waals surface area (Å²) in [5.74, 6) is -0.0728. The maximum Gasteiger partial charge on any atom is 0.165 e. The van der Waals surface area contributed by atoms with Crippen molar-refractivity contribution in [2.24, 2.45) is 0 Å². The van der Waals surface area contributed by atoms with Crippen molar-refractivity contribution in [3.8, 4) is 5.75 Å². The third kappa shape index (κ3) is 3.45. The van der Waals surface area contributed by atoms with E-state index in [1.165, 1.54) is 12.5 Å². The van der Waals surface area contributed by atoms with Crippen LogP contribution in [0.4, 0.5) is 4.39 Å². The number of nitrogens with zero attached hydrogens (tertiary/aromatic N) is 1. The molecular weight excluding hydrogens is 245 g/mol. The number of aliphatic hydroxyl groups excluding tert-OH is 1. The molecule has 1 heterocycles. The summed E-state index contributed by atoms with van der Waals surface area (Å²) in [6, 6.07) is 4.88. The van der Waals surface area contributed by atoms with Gasteiger partial charge < -0.3 is 9.84 Å². The Hall–Kier alpha value is -1.13. The molecule has 0 amide bonds. The second-order valence-corrected chi connectivity index (χ2v) is 4.92. The molecule has 19 heavy (non-hydrogen) atoms. The number of ether oxygens (including phenoxy) is 1. The second-order valence-electron chi connectivity index (χ2n) is 4.92. The maximum atomic E-state index is 13.9. The van der Waals surface area contributed by atoms with Gasteiger partial charge in [0.2, 0.25) is 0 Å². The number of likely N-dealkylation sites (tertiary alicyclic amines) is 1. The number of hydrogen-bond donors (Lipinski definition) is 1. The van der Waals surface area contributed by atoms with E-state index in [1.807, 2.05) is 13.0 Å². The predicted octanol–water partition coefficient (Wildman–Crippen LogP) is 2.74. The summed E-state index contributed by atoms with van der Waals surface area (Å²) in [6.07, 6.45) is 3.54. The van der Waals surface area contributed by atoms with E-state index in [-0.39, 0.29) is 24.2 Å². The lowest BCUT2D eigenvalue weighted by atomic mass is 10.0. The van der Waals surface area contributed by atoms with Gasteiger partial charge in [0, 0.05) is 0 Å². The van der Waals surface area contributed by atoms with Crippen LogP contribution < -0.4 is 4.74 Å². The van der Waals surface area contributed by atoms with Crippen molar-refractivity contribution in [1.29, 1.82) is 0 Å². The van der Waals surface area contributed by atoms with Crippen LogP contribution in [-0.2, 0) is 0 Å². The summed E-state index contributed by atoms with van der Waals surface area (Å²) < 4.78 is 19.1. The second kappa shape index (κ2) is 6.87. The van der Waals surface area contributed by atoms with E-state index in [9.17, 15) is 9.50 Å². The van der Waals surface area contributed by atoms with E-state index in [4.69, 9.17) is 4.74 Å². The molecule has 2 rings (SSSR count). The fourth-order valence-corrected chi connectivity index (χ4v) is 2.66. The van der Waals surface area contributed by atoms with E-state index in [0.717, 1.165) is 31.5 Å². The Morgan fingerprint density at radius 3 is 2.63 bits per heavy atom. The van der Waals surface area contributed by atoms with Crippen molar-refractivity contribution in [2.75, 3.05) is 26.3 Å². The minimum absolute atomic E-state index is 0.0213. The van der Waals surface area contributed by atoms with Crippen LogP contribution in [0.25, 0.3) is 0 Å². The highest BCUT2D eigenvalue weighted by atomic mass is 19.1. The van der Waals surface area contributed by atoms with Crippen molar-refractivity contribution >= 4 is 0 Å². The molecule has 0 spiro atoms. The van der Waals surface area contributed by atoms with Crippen LogP contribution in [0.3, 0.4) is 0 Å². The third-order valence-electron chi connectivity index (χ3n) is 3.64. The van der Waals surface area contributed by atoms with Gasteiger partial charge in [0.15, 0.2) is 11.6 Å². The van der Waals surface area contributed by atoms with Gasteiger partial charge in [-0.15, -0.1) is 0 Å². The van der Waals surface area contributed by atoms with Gasteiger partial charge in [-0.1, -0.05) is 12.5 Å². The normalized spacial score (nSPS) is 18.3. The molecule has 1 aromatic carbocycles. The Morgan fingerprint density at radius 1 is 1.32 bits per heavy atom. The Balaban J connectivity index is 2.15. The van der Waals surface area contributed by atoms with Crippen LogP contribution in [0, 0.1) is 5.82 Å². The topological polar surface area (TPSA) is 32.7 Å². The van der Waals surface area contributed by atoms with Gasteiger partial charge in [-0.25, -0.2) is 4.39 Å². The minimum atomic E-state index is -0.352. The number of aliphatic hydroxyl groups is 1. The lowest BCUT2D eigenvalue weighted by Gasteiger charge is -2.33. The van der Waals surface area contributed by atoms with Crippen molar-refractivity contribution in [2.45, 2.75) is 32.2 Å². The molecule has 1 atom stereocenters. The molecule has 1 aliphatic heterocycles. The quantitative estimate of drug-likeness (QED) is 0.890. The van der Waals surface area contributed by atoms with Crippen LogP contribution in [0.2, 0.25) is 0 Å². The zero-order chi connectivity index (χ0) is 13.7. The van der Waals surface area contributed by atoms with Crippen molar-refractivity contribution in [3.05, 3.63) is 29.6 Å². The lowest BCUT2D eigenvalue weighted by molar-refractivity contribution is 0.104. The number of hydrogen-bond acceptors (Lipinski definition) is 3. The predicted molar refractivity (Wildman–Crippen MR) is 72.8 cm³/mol. The van der Waals surface area contributed by atoms with E-state index in [1.54, 1.807) is 6.07 Å². The number of benzene rings is 1. The van der Waals surface area contributed by atoms with Gasteiger partial charge in [-0.2, -0.15) is 0 Å². The zero-order valence-electron chi connectivity index (χ0n) is 11.4. The van der Waals surface area contributed by atoms with Crippen molar-refractivity contribution in [1.82, 2.24) is 4.90 Å². The summed E-state index contributed by atoms with van der Waals surface area (Å²) >= 11 is 0. The van der Waals surface area contributed by atoms with Gasteiger partial charge in [0.05, 0.1) is 19.3 Å². The Morgan fingerprint density at radius 2 is 2.05 bits per heavy atom. The monoisotopic (exact) mass is 267 g/mol. The molecule has 106 valence electrons. The Bertz CT molecular complexity index is 405. The maximum absolute atomic E-state index is 13.9. The molecule has 1 aromatic rings. The molecule has 0 radical (unpaired) electrons. The highest BCUT2D eigenvalue weighted by Crippen LogP contribution is 2.27.